The molecule has 0 bridgehead atoms. The van der Waals surface area contributed by atoms with Gasteiger partial charge < -0.3 is 9.88 Å². The lowest BCUT2D eigenvalue weighted by atomic mass is 9.84. The normalized spacial score (nSPS) is 23.1. The molecule has 2 rings (SSSR count). The SMILES string of the molecule is CCn1cc(Br)cc1C(=O)NC1CCCCC1C(F)(F)F. The number of amides is 1. The number of carbonyl (C=O) groups excluding carboxylic acids is 1. The molecule has 1 N–H and O–H groups in total. The molecule has 7 heteroatoms. The summed E-state index contributed by atoms with van der Waals surface area (Å²) in [5, 5.41) is 2.58. The minimum Gasteiger partial charge on any atom is -0.347 e. The molecule has 0 spiro atoms. The molecule has 0 saturated heterocycles. The molecule has 2 unspecified atom stereocenters. The standard InChI is InChI=1S/C14H18BrF3N2O/c1-2-20-8-9(15)7-12(20)13(21)19-11-6-4-3-5-10(11)14(16,17)18/h7-8,10-11H,2-6H2,1H3,(H,19,21). The van der Waals surface area contributed by atoms with Gasteiger partial charge >= 0.3 is 6.18 Å². The number of aryl methyl sites for hydroxylation is 1. The van der Waals surface area contributed by atoms with Crippen LogP contribution in [-0.2, 0) is 6.54 Å². The molecule has 0 aliphatic heterocycles. The van der Waals surface area contributed by atoms with Crippen LogP contribution in [0.5, 0.6) is 0 Å². The lowest BCUT2D eigenvalue weighted by Gasteiger charge is -2.33. The lowest BCUT2D eigenvalue weighted by Crippen LogP contribution is -2.48. The van der Waals surface area contributed by atoms with Crippen LogP contribution < -0.4 is 5.32 Å². The Hall–Kier alpha value is -0.980. The van der Waals surface area contributed by atoms with Crippen molar-refractivity contribution in [1.29, 1.82) is 0 Å². The molecular formula is C14H18BrF3N2O. The Morgan fingerprint density at radius 3 is 2.71 bits per heavy atom. The van der Waals surface area contributed by atoms with E-state index in [-0.39, 0.29) is 6.42 Å². The van der Waals surface area contributed by atoms with Gasteiger partial charge in [-0.1, -0.05) is 12.8 Å². The van der Waals surface area contributed by atoms with Crippen molar-refractivity contribution in [2.45, 2.75) is 51.4 Å². The van der Waals surface area contributed by atoms with Crippen LogP contribution in [0.25, 0.3) is 0 Å². The molecule has 0 radical (unpaired) electrons. The number of halogens is 4. The molecule has 1 fully saturated rings. The Kier molecular flexibility index (Phi) is 5.01. The van der Waals surface area contributed by atoms with Crippen LogP contribution in [0.2, 0.25) is 0 Å². The average Bonchev–Trinajstić information content (AvgIpc) is 2.79. The van der Waals surface area contributed by atoms with Gasteiger partial charge in [0.1, 0.15) is 5.69 Å². The van der Waals surface area contributed by atoms with Crippen LogP contribution in [0.15, 0.2) is 16.7 Å². The molecule has 1 aliphatic rings. The number of hydrogen-bond donors (Lipinski definition) is 1. The van der Waals surface area contributed by atoms with E-state index in [1.165, 1.54) is 0 Å². The highest BCUT2D eigenvalue weighted by Gasteiger charge is 2.46. The molecule has 1 heterocycles. The second-order valence-electron chi connectivity index (χ2n) is 5.34. The zero-order valence-electron chi connectivity index (χ0n) is 11.7. The third kappa shape index (κ3) is 3.81. The van der Waals surface area contributed by atoms with Crippen molar-refractivity contribution in [2.75, 3.05) is 0 Å². The van der Waals surface area contributed by atoms with Gasteiger partial charge in [0.25, 0.3) is 5.91 Å². The van der Waals surface area contributed by atoms with Gasteiger partial charge in [0.15, 0.2) is 0 Å². The number of rotatable bonds is 3. The molecule has 3 nitrogen and oxygen atoms in total. The fourth-order valence-corrected chi connectivity index (χ4v) is 3.33. The Balaban J connectivity index is 2.13. The van der Waals surface area contributed by atoms with Crippen LogP contribution >= 0.6 is 15.9 Å². The van der Waals surface area contributed by atoms with Gasteiger partial charge in [0, 0.05) is 23.3 Å². The van der Waals surface area contributed by atoms with Crippen molar-refractivity contribution in [3.8, 4) is 0 Å². The van der Waals surface area contributed by atoms with Gasteiger partial charge in [-0.15, -0.1) is 0 Å². The number of alkyl halides is 3. The Morgan fingerprint density at radius 1 is 1.43 bits per heavy atom. The summed E-state index contributed by atoms with van der Waals surface area (Å²) in [5.74, 6) is -1.88. The van der Waals surface area contributed by atoms with Crippen molar-refractivity contribution in [1.82, 2.24) is 9.88 Å². The zero-order valence-corrected chi connectivity index (χ0v) is 13.3. The summed E-state index contributed by atoms with van der Waals surface area (Å²) in [6.07, 6.45) is -0.761. The highest BCUT2D eigenvalue weighted by molar-refractivity contribution is 9.10. The molecule has 118 valence electrons. The molecular weight excluding hydrogens is 349 g/mol. The third-order valence-corrected chi connectivity index (χ3v) is 4.37. The lowest BCUT2D eigenvalue weighted by molar-refractivity contribution is -0.187. The van der Waals surface area contributed by atoms with E-state index in [2.05, 4.69) is 21.2 Å². The van der Waals surface area contributed by atoms with E-state index in [9.17, 15) is 18.0 Å². The third-order valence-electron chi connectivity index (χ3n) is 3.94. The Morgan fingerprint density at radius 2 is 2.10 bits per heavy atom. The van der Waals surface area contributed by atoms with Gasteiger partial charge in [0.05, 0.1) is 5.92 Å². The Bertz CT molecular complexity index is 513. The van der Waals surface area contributed by atoms with Crippen molar-refractivity contribution < 1.29 is 18.0 Å². The first-order chi connectivity index (χ1) is 9.82. The molecule has 1 aromatic rings. The van der Waals surface area contributed by atoms with E-state index < -0.39 is 24.0 Å². The van der Waals surface area contributed by atoms with Gasteiger partial charge in [-0.2, -0.15) is 13.2 Å². The molecule has 1 amide bonds. The van der Waals surface area contributed by atoms with E-state index in [0.29, 0.717) is 25.1 Å². The minimum absolute atomic E-state index is 0.0902. The molecule has 2 atom stereocenters. The number of hydrogen-bond acceptors (Lipinski definition) is 1. The maximum absolute atomic E-state index is 13.0. The van der Waals surface area contributed by atoms with Crippen LogP contribution in [0, 0.1) is 5.92 Å². The van der Waals surface area contributed by atoms with E-state index in [4.69, 9.17) is 0 Å². The predicted octanol–water partition coefficient (Wildman–Crippen LogP) is 4.12. The van der Waals surface area contributed by atoms with Crippen molar-refractivity contribution in [3.63, 3.8) is 0 Å². The predicted molar refractivity (Wildman–Crippen MR) is 77.1 cm³/mol. The number of nitrogens with one attached hydrogen (secondary N) is 1. The van der Waals surface area contributed by atoms with Gasteiger partial charge in [-0.25, -0.2) is 0 Å². The zero-order chi connectivity index (χ0) is 15.6. The first-order valence-corrected chi connectivity index (χ1v) is 7.85. The first kappa shape index (κ1) is 16.4. The largest absolute Gasteiger partial charge is 0.393 e. The summed E-state index contributed by atoms with van der Waals surface area (Å²) in [6.45, 7) is 2.46. The first-order valence-electron chi connectivity index (χ1n) is 7.06. The van der Waals surface area contributed by atoms with E-state index in [0.717, 1.165) is 10.9 Å². The minimum atomic E-state index is -4.26. The summed E-state index contributed by atoms with van der Waals surface area (Å²) < 4.78 is 41.5. The number of carbonyl (C=O) groups is 1. The summed E-state index contributed by atoms with van der Waals surface area (Å²) in [4.78, 5) is 12.3. The Labute approximate surface area is 130 Å². The molecule has 1 saturated carbocycles. The van der Waals surface area contributed by atoms with E-state index in [1.54, 1.807) is 16.8 Å². The topological polar surface area (TPSA) is 34.0 Å². The summed E-state index contributed by atoms with van der Waals surface area (Å²) >= 11 is 3.28. The quantitative estimate of drug-likeness (QED) is 0.857. The molecule has 0 aromatic carbocycles. The maximum atomic E-state index is 13.0. The van der Waals surface area contributed by atoms with E-state index in [1.807, 2.05) is 6.92 Å². The van der Waals surface area contributed by atoms with Gasteiger partial charge in [-0.3, -0.25) is 4.79 Å². The fraction of sp³-hybridized carbons (Fsp3) is 0.643. The van der Waals surface area contributed by atoms with Crippen LogP contribution in [0.3, 0.4) is 0 Å². The van der Waals surface area contributed by atoms with Gasteiger partial charge in [0.2, 0.25) is 0 Å². The smallest absolute Gasteiger partial charge is 0.347 e. The van der Waals surface area contributed by atoms with Crippen LogP contribution in [-0.4, -0.2) is 22.7 Å². The van der Waals surface area contributed by atoms with Crippen molar-refractivity contribution in [2.24, 2.45) is 5.92 Å². The summed E-state index contributed by atoms with van der Waals surface area (Å²) in [5.41, 5.74) is 0.385. The highest BCUT2D eigenvalue weighted by Crippen LogP contribution is 2.37. The monoisotopic (exact) mass is 366 g/mol. The molecule has 1 aliphatic carbocycles. The summed E-state index contributed by atoms with van der Waals surface area (Å²) in [7, 11) is 0. The fourth-order valence-electron chi connectivity index (χ4n) is 2.86. The van der Waals surface area contributed by atoms with Crippen LogP contribution in [0.1, 0.15) is 43.1 Å². The molecule has 1 aromatic heterocycles. The highest BCUT2D eigenvalue weighted by atomic mass is 79.9. The summed E-state index contributed by atoms with van der Waals surface area (Å²) in [6, 6.07) is 0.801. The number of nitrogens with zero attached hydrogens (tertiary/aromatic N) is 1. The second kappa shape index (κ2) is 6.42. The van der Waals surface area contributed by atoms with Crippen molar-refractivity contribution in [3.05, 3.63) is 22.4 Å². The van der Waals surface area contributed by atoms with Crippen molar-refractivity contribution >= 4 is 21.8 Å². The van der Waals surface area contributed by atoms with E-state index >= 15 is 0 Å². The maximum Gasteiger partial charge on any atom is 0.393 e. The van der Waals surface area contributed by atoms with Crippen LogP contribution in [0.4, 0.5) is 13.2 Å². The molecule has 21 heavy (non-hydrogen) atoms. The average molecular weight is 367 g/mol. The number of aromatic nitrogens is 1. The van der Waals surface area contributed by atoms with Gasteiger partial charge in [-0.05, 0) is 41.8 Å². The second-order valence-corrected chi connectivity index (χ2v) is 6.26.